The molecule has 5 rings (SSSR count). The second-order valence-electron chi connectivity index (χ2n) is 8.77. The van der Waals surface area contributed by atoms with Crippen molar-refractivity contribution in [3.63, 3.8) is 0 Å². The van der Waals surface area contributed by atoms with Crippen LogP contribution in [0.25, 0.3) is 22.4 Å². The summed E-state index contributed by atoms with van der Waals surface area (Å²) in [6, 6.07) is 14.1. The first-order valence-electron chi connectivity index (χ1n) is 11.3. The number of methoxy groups -OCH3 is 1. The Morgan fingerprint density at radius 2 is 2.03 bits per heavy atom. The van der Waals surface area contributed by atoms with Crippen molar-refractivity contribution in [3.8, 4) is 28.5 Å². The van der Waals surface area contributed by atoms with Crippen LogP contribution < -0.4 is 4.73 Å². The van der Waals surface area contributed by atoms with E-state index in [4.69, 9.17) is 27.9 Å². The maximum atomic E-state index is 13.3. The third-order valence-corrected chi connectivity index (χ3v) is 7.25. The lowest BCUT2D eigenvalue weighted by atomic mass is 9.97. The number of hydrogen-bond donors (Lipinski definition) is 2. The molecule has 4 aromatic rings. The number of pyridine rings is 1. The van der Waals surface area contributed by atoms with Gasteiger partial charge in [-0.05, 0) is 42.2 Å². The molecule has 0 fully saturated rings. The lowest BCUT2D eigenvalue weighted by Crippen LogP contribution is -2.42. The van der Waals surface area contributed by atoms with Gasteiger partial charge in [-0.2, -0.15) is 9.99 Å². The number of aromatic nitrogens is 3. The zero-order valence-corrected chi connectivity index (χ0v) is 21.1. The lowest BCUT2D eigenvalue weighted by Gasteiger charge is -2.20. The highest BCUT2D eigenvalue weighted by Gasteiger charge is 2.49. The van der Waals surface area contributed by atoms with Gasteiger partial charge in [-0.15, -0.1) is 0 Å². The number of nitrogens with zero attached hydrogens (tertiary/aromatic N) is 3. The zero-order chi connectivity index (χ0) is 26.3. The van der Waals surface area contributed by atoms with Crippen LogP contribution >= 0.6 is 23.2 Å². The molecule has 1 aliphatic rings. The maximum absolute atomic E-state index is 13.3. The molecule has 1 atom stereocenters. The molecule has 2 heterocycles. The van der Waals surface area contributed by atoms with Crippen molar-refractivity contribution in [2.75, 3.05) is 7.11 Å². The van der Waals surface area contributed by atoms with Crippen LogP contribution in [0, 0.1) is 16.5 Å². The third kappa shape index (κ3) is 4.31. The minimum absolute atomic E-state index is 0.0936. The molecule has 2 aromatic carbocycles. The van der Waals surface area contributed by atoms with Crippen LogP contribution in [0.5, 0.6) is 0 Å². The van der Waals surface area contributed by atoms with E-state index in [1.54, 1.807) is 24.4 Å². The maximum Gasteiger partial charge on any atom is 0.309 e. The van der Waals surface area contributed by atoms with Crippen molar-refractivity contribution in [3.05, 3.63) is 98.3 Å². The minimum Gasteiger partial charge on any atom is -0.618 e. The summed E-state index contributed by atoms with van der Waals surface area (Å²) < 4.78 is 5.29. The fraction of sp³-hybridized carbons (Fsp3) is 0.185. The van der Waals surface area contributed by atoms with Gasteiger partial charge in [-0.1, -0.05) is 47.5 Å². The van der Waals surface area contributed by atoms with E-state index in [-0.39, 0.29) is 35.4 Å². The van der Waals surface area contributed by atoms with E-state index in [0.717, 1.165) is 11.1 Å². The number of H-pyrrole nitrogens is 1. The second-order valence-corrected chi connectivity index (χ2v) is 9.58. The summed E-state index contributed by atoms with van der Waals surface area (Å²) in [6.45, 7) is 0. The van der Waals surface area contributed by atoms with Gasteiger partial charge in [-0.3, -0.25) is 4.79 Å². The van der Waals surface area contributed by atoms with Crippen LogP contribution in [0.1, 0.15) is 34.6 Å². The Labute approximate surface area is 222 Å². The van der Waals surface area contributed by atoms with Crippen molar-refractivity contribution in [1.29, 1.82) is 5.26 Å². The Kier molecular flexibility index (Phi) is 6.38. The second kappa shape index (κ2) is 9.52. The number of esters is 1. The van der Waals surface area contributed by atoms with Gasteiger partial charge in [0.25, 0.3) is 0 Å². The molecule has 0 saturated carbocycles. The minimum atomic E-state index is -1.69. The molecule has 1 unspecified atom stereocenters. The lowest BCUT2D eigenvalue weighted by molar-refractivity contribution is -0.620. The Bertz CT molecular complexity index is 1580. The van der Waals surface area contributed by atoms with Crippen LogP contribution in [0.3, 0.4) is 0 Å². The van der Waals surface area contributed by atoms with E-state index in [1.165, 1.54) is 13.3 Å². The molecular formula is C27H20Cl2N4O4. The van der Waals surface area contributed by atoms with Gasteiger partial charge in [0.05, 0.1) is 47.6 Å². The fourth-order valence-electron chi connectivity index (χ4n) is 4.70. The number of fused-ring (bicyclic) bond motifs is 1. The molecule has 0 saturated heterocycles. The van der Waals surface area contributed by atoms with Crippen LogP contribution in [0.4, 0.5) is 0 Å². The average molecular weight is 535 g/mol. The van der Waals surface area contributed by atoms with Gasteiger partial charge >= 0.3 is 5.97 Å². The van der Waals surface area contributed by atoms with E-state index < -0.39 is 5.60 Å². The number of nitriles is 1. The summed E-state index contributed by atoms with van der Waals surface area (Å²) in [5, 5.41) is 35.1. The van der Waals surface area contributed by atoms with Crippen molar-refractivity contribution < 1.29 is 19.4 Å². The smallest absolute Gasteiger partial charge is 0.309 e. The molecule has 2 N–H and O–H groups in total. The molecule has 0 radical (unpaired) electrons. The molecule has 0 aliphatic heterocycles. The fourth-order valence-corrected chi connectivity index (χ4v) is 5.20. The predicted molar refractivity (Wildman–Crippen MR) is 137 cm³/mol. The molecule has 10 heteroatoms. The Morgan fingerprint density at radius 1 is 1.27 bits per heavy atom. The Balaban J connectivity index is 1.51. The van der Waals surface area contributed by atoms with Gasteiger partial charge in [0.15, 0.2) is 6.20 Å². The monoisotopic (exact) mass is 534 g/mol. The van der Waals surface area contributed by atoms with E-state index in [2.05, 4.69) is 16.0 Å². The number of rotatable bonds is 5. The summed E-state index contributed by atoms with van der Waals surface area (Å²) >= 11 is 12.9. The Morgan fingerprint density at radius 3 is 2.73 bits per heavy atom. The highest BCUT2D eigenvalue weighted by Crippen LogP contribution is 2.45. The molecule has 186 valence electrons. The zero-order valence-electron chi connectivity index (χ0n) is 19.6. The predicted octanol–water partition coefficient (Wildman–Crippen LogP) is 4.45. The summed E-state index contributed by atoms with van der Waals surface area (Å²) in [4.78, 5) is 19.0. The number of hydrogen-bond acceptors (Lipinski definition) is 6. The average Bonchev–Trinajstić information content (AvgIpc) is 3.53. The Hall–Kier alpha value is -3.90. The number of imidazole rings is 1. The van der Waals surface area contributed by atoms with Crippen molar-refractivity contribution in [1.82, 2.24) is 9.97 Å². The van der Waals surface area contributed by atoms with Gasteiger partial charge < -0.3 is 20.0 Å². The first-order valence-corrected chi connectivity index (χ1v) is 12.1. The molecule has 2 aromatic heterocycles. The summed E-state index contributed by atoms with van der Waals surface area (Å²) in [5.41, 5.74) is 2.27. The quantitative estimate of drug-likeness (QED) is 0.221. The molecule has 8 nitrogen and oxygen atoms in total. The number of aromatic amines is 1. The SMILES string of the molecule is COC(=O)Cc1ccc(-c2cnc(C3(O)CCc4c(Cl)c(-c5cc(Cl)ccc5C#N)c[n+]([O-])c43)[nH]2)cc1. The summed E-state index contributed by atoms with van der Waals surface area (Å²) in [5.74, 6) is -0.112. The van der Waals surface area contributed by atoms with Crippen LogP contribution in [-0.2, 0) is 28.0 Å². The number of nitrogens with one attached hydrogen (secondary N) is 1. The third-order valence-electron chi connectivity index (χ3n) is 6.58. The number of ether oxygens (including phenoxy) is 1. The van der Waals surface area contributed by atoms with Gasteiger partial charge in [0.2, 0.25) is 11.3 Å². The van der Waals surface area contributed by atoms with Crippen molar-refractivity contribution >= 4 is 29.2 Å². The van der Waals surface area contributed by atoms with E-state index in [0.29, 0.717) is 44.1 Å². The number of aliphatic hydroxyl groups is 1. The summed E-state index contributed by atoms with van der Waals surface area (Å²) in [6.07, 6.45) is 3.53. The largest absolute Gasteiger partial charge is 0.618 e. The number of halogens is 2. The standard InChI is InChI=1S/C27H20Cl2N4O4/c1-37-23(34)10-15-2-4-16(5-3-15)22-13-31-26(32-22)27(35)9-8-19-24(29)21(14-33(36)25(19)27)20-11-18(28)7-6-17(20)12-30/h2-7,11,13-14,35H,8-10H2,1H3,(H,31,32). The van der Waals surface area contributed by atoms with Gasteiger partial charge in [0, 0.05) is 16.1 Å². The number of carbonyl (C=O) groups is 1. The first kappa shape index (κ1) is 24.8. The molecule has 1 aliphatic carbocycles. The number of benzene rings is 2. The number of carbonyl (C=O) groups excluding carboxylic acids is 1. The topological polar surface area (TPSA) is 126 Å². The molecule has 0 amide bonds. The van der Waals surface area contributed by atoms with Crippen molar-refractivity contribution in [2.24, 2.45) is 0 Å². The molecule has 0 spiro atoms. The van der Waals surface area contributed by atoms with Crippen LogP contribution in [0.2, 0.25) is 10.0 Å². The molecule has 37 heavy (non-hydrogen) atoms. The van der Waals surface area contributed by atoms with Gasteiger partial charge in [-0.25, -0.2) is 4.98 Å². The van der Waals surface area contributed by atoms with Gasteiger partial charge in [0.1, 0.15) is 5.82 Å². The van der Waals surface area contributed by atoms with Crippen LogP contribution in [-0.4, -0.2) is 28.2 Å². The van der Waals surface area contributed by atoms with E-state index >= 15 is 0 Å². The van der Waals surface area contributed by atoms with E-state index in [9.17, 15) is 20.4 Å². The highest BCUT2D eigenvalue weighted by molar-refractivity contribution is 6.34. The van der Waals surface area contributed by atoms with Crippen LogP contribution in [0.15, 0.2) is 54.9 Å². The van der Waals surface area contributed by atoms with E-state index in [1.807, 2.05) is 24.3 Å². The highest BCUT2D eigenvalue weighted by atomic mass is 35.5. The normalized spacial score (nSPS) is 16.3. The van der Waals surface area contributed by atoms with Crippen molar-refractivity contribution in [2.45, 2.75) is 24.9 Å². The summed E-state index contributed by atoms with van der Waals surface area (Å²) in [7, 11) is 1.34. The molecule has 0 bridgehead atoms. The first-order chi connectivity index (χ1) is 17.7. The molecular weight excluding hydrogens is 515 g/mol.